The molecule has 0 aliphatic rings. The van der Waals surface area contributed by atoms with Gasteiger partial charge in [0.05, 0.1) is 0 Å². The quantitative estimate of drug-likeness (QED) is 0.786. The Morgan fingerprint density at radius 2 is 1.73 bits per heavy atom. The summed E-state index contributed by atoms with van der Waals surface area (Å²) in [5.74, 6) is -1.01. The van der Waals surface area contributed by atoms with E-state index in [0.717, 1.165) is 0 Å². The van der Waals surface area contributed by atoms with Crippen LogP contribution < -0.4 is 0 Å². The van der Waals surface area contributed by atoms with Crippen LogP contribution in [0.3, 0.4) is 0 Å². The Labute approximate surface area is 94.9 Å². The van der Waals surface area contributed by atoms with Gasteiger partial charge in [0.1, 0.15) is 0 Å². The van der Waals surface area contributed by atoms with E-state index in [0.29, 0.717) is 5.56 Å². The average molecular weight is 227 g/mol. The fourth-order valence-corrected chi connectivity index (χ4v) is 1.44. The topological polar surface area (TPSA) is 37.3 Å². The van der Waals surface area contributed by atoms with E-state index in [4.69, 9.17) is 16.7 Å². The highest BCUT2D eigenvalue weighted by atomic mass is 35.5. The van der Waals surface area contributed by atoms with Crippen molar-refractivity contribution >= 4 is 17.6 Å². The van der Waals surface area contributed by atoms with Crippen molar-refractivity contribution in [3.8, 4) is 0 Å². The van der Waals surface area contributed by atoms with E-state index >= 15 is 0 Å². The Kier molecular flexibility index (Phi) is 3.40. The van der Waals surface area contributed by atoms with Gasteiger partial charge < -0.3 is 5.11 Å². The minimum Gasteiger partial charge on any atom is -0.480 e. The average Bonchev–Trinajstić information content (AvgIpc) is 2.15. The highest BCUT2D eigenvalue weighted by Gasteiger charge is 2.18. The molecule has 1 unspecified atom stereocenters. The lowest BCUT2D eigenvalue weighted by Crippen LogP contribution is -2.11. The summed E-state index contributed by atoms with van der Waals surface area (Å²) >= 11 is 5.71. The number of rotatable bonds is 2. The van der Waals surface area contributed by atoms with Crippen LogP contribution >= 0.6 is 11.6 Å². The lowest BCUT2D eigenvalue weighted by atomic mass is 9.86. The number of aliphatic carboxylic acids is 1. The number of carbonyl (C=O) groups is 1. The molecular weight excluding hydrogens is 212 g/mol. The minimum absolute atomic E-state index is 0.0730. The van der Waals surface area contributed by atoms with Gasteiger partial charge in [-0.05, 0) is 16.5 Å². The highest BCUT2D eigenvalue weighted by molar-refractivity contribution is 6.29. The van der Waals surface area contributed by atoms with Crippen LogP contribution in [0.15, 0.2) is 24.3 Å². The van der Waals surface area contributed by atoms with Crippen LogP contribution in [0.4, 0.5) is 0 Å². The second kappa shape index (κ2) is 4.23. The Balaban J connectivity index is 2.95. The molecule has 0 spiro atoms. The molecule has 1 aromatic carbocycles. The number of hydrogen-bond donors (Lipinski definition) is 1. The summed E-state index contributed by atoms with van der Waals surface area (Å²) in [7, 11) is 0. The molecule has 15 heavy (non-hydrogen) atoms. The molecule has 82 valence electrons. The normalized spacial score (nSPS) is 13.6. The summed E-state index contributed by atoms with van der Waals surface area (Å²) in [6.07, 6.45) is 0. The molecule has 0 heterocycles. The van der Waals surface area contributed by atoms with Crippen LogP contribution in [0.1, 0.15) is 37.3 Å². The third-order valence-corrected chi connectivity index (χ3v) is 2.72. The number of carboxylic acid groups (broad SMARTS) is 1. The van der Waals surface area contributed by atoms with Crippen molar-refractivity contribution in [2.75, 3.05) is 0 Å². The van der Waals surface area contributed by atoms with Crippen LogP contribution in [0.2, 0.25) is 0 Å². The van der Waals surface area contributed by atoms with Gasteiger partial charge in [-0.3, -0.25) is 4.79 Å². The van der Waals surface area contributed by atoms with Gasteiger partial charge in [0, 0.05) is 0 Å². The minimum atomic E-state index is -1.01. The summed E-state index contributed by atoms with van der Waals surface area (Å²) in [6, 6.07) is 7.39. The van der Waals surface area contributed by atoms with Gasteiger partial charge in [-0.25, -0.2) is 0 Å². The second-order valence-corrected chi connectivity index (χ2v) is 5.01. The van der Waals surface area contributed by atoms with Crippen molar-refractivity contribution < 1.29 is 9.90 Å². The Bertz CT molecular complexity index is 349. The van der Waals surface area contributed by atoms with Crippen molar-refractivity contribution in [3.63, 3.8) is 0 Å². The first kappa shape index (κ1) is 12.1. The van der Waals surface area contributed by atoms with Crippen molar-refractivity contribution in [1.82, 2.24) is 0 Å². The Hall–Kier alpha value is -1.02. The zero-order valence-corrected chi connectivity index (χ0v) is 9.88. The predicted molar refractivity (Wildman–Crippen MR) is 61.4 cm³/mol. The smallest absolute Gasteiger partial charge is 0.326 e. The van der Waals surface area contributed by atoms with E-state index in [2.05, 4.69) is 20.8 Å². The fourth-order valence-electron chi connectivity index (χ4n) is 1.29. The molecule has 2 nitrogen and oxygen atoms in total. The molecule has 1 aromatic rings. The lowest BCUT2D eigenvalue weighted by Gasteiger charge is -2.19. The van der Waals surface area contributed by atoms with E-state index in [-0.39, 0.29) is 5.41 Å². The molecule has 0 saturated carbocycles. The number of carboxylic acids is 1. The molecule has 0 aliphatic carbocycles. The number of hydrogen-bond acceptors (Lipinski definition) is 1. The van der Waals surface area contributed by atoms with E-state index in [1.807, 2.05) is 12.1 Å². The lowest BCUT2D eigenvalue weighted by molar-refractivity contribution is -0.136. The number of halogens is 1. The molecular formula is C12H15ClO2. The summed E-state index contributed by atoms with van der Waals surface area (Å²) in [6.45, 7) is 6.33. The molecule has 0 bridgehead atoms. The van der Waals surface area contributed by atoms with E-state index < -0.39 is 11.3 Å². The van der Waals surface area contributed by atoms with Crippen LogP contribution in [-0.4, -0.2) is 11.1 Å². The maximum atomic E-state index is 10.6. The monoisotopic (exact) mass is 226 g/mol. The zero-order chi connectivity index (χ0) is 11.6. The molecule has 1 rings (SSSR count). The number of alkyl halides is 1. The largest absolute Gasteiger partial charge is 0.480 e. The van der Waals surface area contributed by atoms with Gasteiger partial charge in [-0.2, -0.15) is 0 Å². The van der Waals surface area contributed by atoms with Gasteiger partial charge in [0.15, 0.2) is 5.38 Å². The third kappa shape index (κ3) is 2.96. The maximum Gasteiger partial charge on any atom is 0.326 e. The zero-order valence-electron chi connectivity index (χ0n) is 9.12. The molecule has 3 heteroatoms. The SMILES string of the molecule is CC(C)(C)c1ccc(C(Cl)C(=O)O)cc1. The summed E-state index contributed by atoms with van der Waals surface area (Å²) in [4.78, 5) is 10.6. The van der Waals surface area contributed by atoms with Crippen LogP contribution in [0, 0.1) is 0 Å². The van der Waals surface area contributed by atoms with E-state index in [1.165, 1.54) is 5.56 Å². The van der Waals surface area contributed by atoms with Gasteiger partial charge >= 0.3 is 5.97 Å². The standard InChI is InChI=1S/C12H15ClO2/c1-12(2,3)9-6-4-8(5-7-9)10(13)11(14)15/h4-7,10H,1-3H3,(H,14,15). The summed E-state index contributed by atoms with van der Waals surface area (Å²) in [5, 5.41) is 7.77. The van der Waals surface area contributed by atoms with Crippen molar-refractivity contribution in [3.05, 3.63) is 35.4 Å². The molecule has 0 aromatic heterocycles. The highest BCUT2D eigenvalue weighted by Crippen LogP contribution is 2.26. The van der Waals surface area contributed by atoms with Gasteiger partial charge in [-0.1, -0.05) is 45.0 Å². The molecule has 0 saturated heterocycles. The molecule has 0 amide bonds. The first-order chi connectivity index (χ1) is 6.82. The molecule has 0 fully saturated rings. The predicted octanol–water partition coefficient (Wildman–Crippen LogP) is 3.35. The first-order valence-corrected chi connectivity index (χ1v) is 5.23. The molecule has 1 N–H and O–H groups in total. The molecule has 0 aliphatic heterocycles. The van der Waals surface area contributed by atoms with Gasteiger partial charge in [0.2, 0.25) is 0 Å². The van der Waals surface area contributed by atoms with E-state index in [9.17, 15) is 4.79 Å². The molecule has 0 radical (unpaired) electrons. The Morgan fingerprint density at radius 3 is 2.07 bits per heavy atom. The van der Waals surface area contributed by atoms with Crippen molar-refractivity contribution in [1.29, 1.82) is 0 Å². The van der Waals surface area contributed by atoms with Gasteiger partial charge in [-0.15, -0.1) is 11.6 Å². The second-order valence-electron chi connectivity index (χ2n) is 4.57. The maximum absolute atomic E-state index is 10.6. The Morgan fingerprint density at radius 1 is 1.27 bits per heavy atom. The first-order valence-electron chi connectivity index (χ1n) is 4.79. The van der Waals surface area contributed by atoms with Crippen molar-refractivity contribution in [2.45, 2.75) is 31.6 Å². The third-order valence-electron chi connectivity index (χ3n) is 2.29. The van der Waals surface area contributed by atoms with Crippen molar-refractivity contribution in [2.24, 2.45) is 0 Å². The van der Waals surface area contributed by atoms with Crippen LogP contribution in [-0.2, 0) is 10.2 Å². The fraction of sp³-hybridized carbons (Fsp3) is 0.417. The van der Waals surface area contributed by atoms with Crippen LogP contribution in [0.5, 0.6) is 0 Å². The van der Waals surface area contributed by atoms with E-state index in [1.54, 1.807) is 12.1 Å². The molecule has 1 atom stereocenters. The van der Waals surface area contributed by atoms with Gasteiger partial charge in [0.25, 0.3) is 0 Å². The number of benzene rings is 1. The summed E-state index contributed by atoms with van der Waals surface area (Å²) < 4.78 is 0. The summed E-state index contributed by atoms with van der Waals surface area (Å²) in [5.41, 5.74) is 1.86. The van der Waals surface area contributed by atoms with Crippen LogP contribution in [0.25, 0.3) is 0 Å².